The largest absolute Gasteiger partial charge is 0.368 e. The number of H-pyrrole nitrogens is 2. The quantitative estimate of drug-likeness (QED) is 0.0458. The second-order valence-corrected chi connectivity index (χ2v) is 15.8. The molecule has 3 heterocycles. The van der Waals surface area contributed by atoms with E-state index in [0.717, 1.165) is 37.9 Å². The number of nitrogens with one attached hydrogen (secondary N) is 7. The van der Waals surface area contributed by atoms with Gasteiger partial charge in [-0.1, -0.05) is 78.7 Å². The fourth-order valence-electron chi connectivity index (χ4n) is 7.56. The molecule has 0 radical (unpaired) electrons. The molecule has 1 aliphatic rings. The molecule has 0 spiro atoms. The summed E-state index contributed by atoms with van der Waals surface area (Å²) in [5, 5.41) is 16.3. The van der Waals surface area contributed by atoms with Gasteiger partial charge in [-0.15, -0.1) is 6.58 Å². The molecule has 5 aromatic rings. The van der Waals surface area contributed by atoms with Crippen LogP contribution in [-0.4, -0.2) is 105 Å². The molecule has 17 nitrogen and oxygen atoms in total. The van der Waals surface area contributed by atoms with Crippen LogP contribution in [0.1, 0.15) is 42.9 Å². The molecule has 0 aliphatic carbocycles. The Bertz CT molecular complexity index is 2520. The Morgan fingerprint density at radius 3 is 1.89 bits per heavy atom. The fraction of sp³-hybridized carbons (Fsp3) is 0.319. The number of amides is 7. The first-order valence-electron chi connectivity index (χ1n) is 21.2. The van der Waals surface area contributed by atoms with Crippen molar-refractivity contribution in [1.29, 1.82) is 0 Å². The number of para-hydroxylation sites is 2. The van der Waals surface area contributed by atoms with E-state index in [2.05, 4.69) is 55.1 Å². The molecule has 0 bridgehead atoms. The molecule has 5 atom stereocenters. The van der Waals surface area contributed by atoms with Gasteiger partial charge in [0, 0.05) is 72.6 Å². The van der Waals surface area contributed by atoms with E-state index in [9.17, 15) is 28.8 Å². The monoisotopic (exact) mass is 869 g/mol. The van der Waals surface area contributed by atoms with E-state index >= 15 is 0 Å². The maximum Gasteiger partial charge on any atom is 0.333 e. The summed E-state index contributed by atoms with van der Waals surface area (Å²) < 4.78 is 0. The summed E-state index contributed by atoms with van der Waals surface area (Å²) in [4.78, 5) is 91.1. The molecule has 2 aromatic heterocycles. The minimum atomic E-state index is -1.25. The van der Waals surface area contributed by atoms with Gasteiger partial charge in [0.15, 0.2) is 0 Å². The van der Waals surface area contributed by atoms with Gasteiger partial charge in [-0.05, 0) is 55.0 Å². The number of hydrogen-bond donors (Lipinski definition) is 9. The van der Waals surface area contributed by atoms with Crippen LogP contribution in [0.3, 0.4) is 0 Å². The lowest BCUT2D eigenvalue weighted by Gasteiger charge is -2.27. The van der Waals surface area contributed by atoms with Gasteiger partial charge >= 0.3 is 6.03 Å². The molecule has 0 fully saturated rings. The van der Waals surface area contributed by atoms with Gasteiger partial charge in [-0.3, -0.25) is 29.0 Å². The summed E-state index contributed by atoms with van der Waals surface area (Å²) in [5.41, 5.74) is 9.60. The van der Waals surface area contributed by atoms with Gasteiger partial charge < -0.3 is 47.2 Å². The van der Waals surface area contributed by atoms with E-state index in [1.807, 2.05) is 66.7 Å². The molecule has 64 heavy (non-hydrogen) atoms. The maximum absolute atomic E-state index is 14.5. The van der Waals surface area contributed by atoms with Crippen LogP contribution < -0.4 is 38.2 Å². The molecule has 1 aliphatic heterocycles. The number of fused-ring (bicyclic) bond motifs is 2. The Hall–Kier alpha value is -7.58. The highest BCUT2D eigenvalue weighted by atomic mass is 16.2. The van der Waals surface area contributed by atoms with Gasteiger partial charge in [-0.2, -0.15) is 0 Å². The smallest absolute Gasteiger partial charge is 0.333 e. The van der Waals surface area contributed by atoms with E-state index in [0.29, 0.717) is 31.5 Å². The highest BCUT2D eigenvalue weighted by Crippen LogP contribution is 2.21. The van der Waals surface area contributed by atoms with Crippen molar-refractivity contribution in [3.05, 3.63) is 121 Å². The van der Waals surface area contributed by atoms with E-state index in [4.69, 9.17) is 11.6 Å². The molecule has 17 heteroatoms. The molecule has 7 amide bonds. The van der Waals surface area contributed by atoms with E-state index in [-0.39, 0.29) is 32.2 Å². The topological polar surface area (TPSA) is 253 Å². The Morgan fingerprint density at radius 2 is 1.27 bits per heavy atom. The predicted octanol–water partition coefficient (Wildman–Crippen LogP) is 2.01. The number of nitrogens with two attached hydrogens (primary N) is 2. The van der Waals surface area contributed by atoms with Gasteiger partial charge in [0.2, 0.25) is 29.5 Å². The molecule has 0 unspecified atom stereocenters. The first kappa shape index (κ1) is 45.9. The molecule has 11 N–H and O–H groups in total. The van der Waals surface area contributed by atoms with E-state index in [1.54, 1.807) is 35.5 Å². The van der Waals surface area contributed by atoms with Crippen molar-refractivity contribution in [2.45, 2.75) is 75.7 Å². The summed E-state index contributed by atoms with van der Waals surface area (Å²) in [6, 6.07) is 20.4. The summed E-state index contributed by atoms with van der Waals surface area (Å²) in [7, 11) is 0. The summed E-state index contributed by atoms with van der Waals surface area (Å²) >= 11 is 0. The molecular weight excluding hydrogens is 815 g/mol. The van der Waals surface area contributed by atoms with Crippen LogP contribution in [0, 0.1) is 12.0 Å². The Labute approximate surface area is 371 Å². The van der Waals surface area contributed by atoms with Crippen LogP contribution >= 0.6 is 0 Å². The van der Waals surface area contributed by atoms with Crippen LogP contribution in [0.5, 0.6) is 0 Å². The number of hydrazine groups is 1. The average Bonchev–Trinajstić information content (AvgIpc) is 3.90. The first-order valence-corrected chi connectivity index (χ1v) is 21.2. The normalized spacial score (nSPS) is 21.3. The van der Waals surface area contributed by atoms with E-state index < -0.39 is 65.8 Å². The van der Waals surface area contributed by atoms with Crippen molar-refractivity contribution in [2.75, 3.05) is 19.6 Å². The third-order valence-electron chi connectivity index (χ3n) is 11.0. The van der Waals surface area contributed by atoms with Crippen molar-refractivity contribution in [1.82, 2.24) is 46.5 Å². The standard InChI is InChI=1S/C47H55N11O6/c1-3-21-57-22-12-11-20-38(42(48)59)53-45(62)39(25-31-14-5-4-6-15-31)55-46(63)40(26-32-28-50-36-18-9-7-16-34(32)36)54-43(60)30(2)52-44(61)41(56-47(64)58(49)24-13-23-57)27-33-29-51-37-19-10-8-17-35(33)37/h3-10,14-19,28-30,38-41,50-51H,1,11-12,20-22,24-27,49H2,2H3,(H2,48,59)(H,52,61)(H,53,62)(H,54,60)(H,55,63)(H,56,64)/t30-,38-,39+,40-,41+/m0/s1. The van der Waals surface area contributed by atoms with Gasteiger partial charge in [-0.25, -0.2) is 10.6 Å². The van der Waals surface area contributed by atoms with Crippen molar-refractivity contribution >= 4 is 57.4 Å². The zero-order valence-corrected chi connectivity index (χ0v) is 35.7. The second kappa shape index (κ2) is 22.0. The van der Waals surface area contributed by atoms with Crippen LogP contribution in [0.4, 0.5) is 4.79 Å². The molecule has 0 saturated heterocycles. The van der Waals surface area contributed by atoms with Crippen molar-refractivity contribution < 1.29 is 28.8 Å². The fourth-order valence-corrected chi connectivity index (χ4v) is 7.56. The average molecular weight is 870 g/mol. The number of nitrogens with zero attached hydrogens (tertiary/aromatic N) is 2. The predicted molar refractivity (Wildman–Crippen MR) is 243 cm³/mol. The number of urea groups is 1. The Kier molecular flexibility index (Phi) is 15.8. The summed E-state index contributed by atoms with van der Waals surface area (Å²) in [6.07, 6.45) is 6.50. The minimum Gasteiger partial charge on any atom is -0.368 e. The van der Waals surface area contributed by atoms with Gasteiger partial charge in [0.1, 0.15) is 36.8 Å². The van der Waals surface area contributed by atoms with Crippen LogP contribution in [-0.2, 0) is 43.2 Å². The number of aromatic nitrogens is 2. The second-order valence-electron chi connectivity index (χ2n) is 15.8. The molecular formula is C47H55N11O6. The molecule has 6 rings (SSSR count). The van der Waals surface area contributed by atoms with Crippen LogP contribution in [0.2, 0.25) is 0 Å². The number of carbonyl (C=O) groups is 6. The lowest BCUT2D eigenvalue weighted by Crippen LogP contribution is -2.60. The summed E-state index contributed by atoms with van der Waals surface area (Å²) in [6.45, 7) is 5.91. The van der Waals surface area contributed by atoms with Crippen molar-refractivity contribution in [2.24, 2.45) is 11.6 Å². The minimum absolute atomic E-state index is 0.00316. The van der Waals surface area contributed by atoms with Crippen molar-refractivity contribution in [3.8, 4) is 12.0 Å². The highest BCUT2D eigenvalue weighted by molar-refractivity contribution is 5.97. The number of rotatable bonds is 9. The van der Waals surface area contributed by atoms with Gasteiger partial charge in [0.05, 0.1) is 0 Å². The highest BCUT2D eigenvalue weighted by Gasteiger charge is 2.32. The first-order chi connectivity index (χ1) is 30.9. The van der Waals surface area contributed by atoms with Crippen LogP contribution in [0.15, 0.2) is 104 Å². The number of carbonyl (C=O) groups excluding carboxylic acids is 6. The molecule has 334 valence electrons. The zero-order chi connectivity index (χ0) is 45.6. The number of benzene rings is 3. The molecule has 0 saturated carbocycles. The van der Waals surface area contributed by atoms with E-state index in [1.165, 1.54) is 6.92 Å². The Morgan fingerprint density at radius 1 is 0.719 bits per heavy atom. The third-order valence-corrected chi connectivity index (χ3v) is 11.0. The zero-order valence-electron chi connectivity index (χ0n) is 35.7. The molecule has 3 aromatic carbocycles. The summed E-state index contributed by atoms with van der Waals surface area (Å²) in [5.74, 6) is 5.58. The van der Waals surface area contributed by atoms with Crippen LogP contribution in [0.25, 0.3) is 21.8 Å². The lowest BCUT2D eigenvalue weighted by molar-refractivity contribution is -0.134. The third kappa shape index (κ3) is 12.3. The number of primary amides is 1. The van der Waals surface area contributed by atoms with Gasteiger partial charge in [0.25, 0.3) is 0 Å². The van der Waals surface area contributed by atoms with Crippen molar-refractivity contribution in [3.63, 3.8) is 0 Å². The Balaban J connectivity index is 1.32. The maximum atomic E-state index is 14.5. The SMILES string of the molecule is C=CCN1C#CCN(N)C(=O)N[C@H](Cc2c[nH]c3ccccc23)C(=O)N[C@@H](C)C(=O)N[C@@H](Cc2c[nH]c3ccccc23)C(=O)N[C@H](Cc2ccccc2)C(=O)N[C@H](C(N)=O)CCCC1. The lowest BCUT2D eigenvalue weighted by atomic mass is 10.0. The number of hydrogen-bond acceptors (Lipinski definition) is 8. The number of aromatic amines is 2.